The molecule has 1 aromatic carbocycles. The molecule has 2 rings (SSSR count). The Balaban J connectivity index is 2.11. The highest BCUT2D eigenvalue weighted by molar-refractivity contribution is 9.08. The van der Waals surface area contributed by atoms with Crippen LogP contribution in [0.15, 0.2) is 36.4 Å². The van der Waals surface area contributed by atoms with Crippen LogP contribution in [0, 0.1) is 6.92 Å². The fourth-order valence-electron chi connectivity index (χ4n) is 1.21. The molecule has 1 aromatic heterocycles. The van der Waals surface area contributed by atoms with Gasteiger partial charge in [0.15, 0.2) is 0 Å². The van der Waals surface area contributed by atoms with E-state index in [0.717, 1.165) is 16.8 Å². The van der Waals surface area contributed by atoms with Crippen LogP contribution in [-0.2, 0) is 5.33 Å². The van der Waals surface area contributed by atoms with Crippen LogP contribution in [0.1, 0.15) is 11.3 Å². The molecule has 0 radical (unpaired) electrons. The number of alkyl halides is 1. The van der Waals surface area contributed by atoms with E-state index in [4.69, 9.17) is 4.74 Å². The zero-order chi connectivity index (χ0) is 11.4. The second-order valence-electron chi connectivity index (χ2n) is 3.39. The van der Waals surface area contributed by atoms with Crippen molar-refractivity contribution >= 4 is 15.9 Å². The number of aryl methyl sites for hydroxylation is 1. The van der Waals surface area contributed by atoms with Crippen molar-refractivity contribution < 1.29 is 4.74 Å². The fraction of sp³-hybridized carbons (Fsp3) is 0.167. The third kappa shape index (κ3) is 2.79. The van der Waals surface area contributed by atoms with Gasteiger partial charge in [-0.25, -0.2) is 0 Å². The topological polar surface area (TPSA) is 35.0 Å². The van der Waals surface area contributed by atoms with Gasteiger partial charge in [0, 0.05) is 11.4 Å². The minimum atomic E-state index is 0.511. The van der Waals surface area contributed by atoms with Gasteiger partial charge in [0.05, 0.1) is 5.69 Å². The summed E-state index contributed by atoms with van der Waals surface area (Å²) >= 11 is 3.39. The summed E-state index contributed by atoms with van der Waals surface area (Å²) in [6.45, 7) is 1.89. The number of aromatic nitrogens is 2. The average molecular weight is 279 g/mol. The maximum absolute atomic E-state index is 5.54. The first-order chi connectivity index (χ1) is 7.78. The van der Waals surface area contributed by atoms with E-state index in [1.807, 2.05) is 37.3 Å². The number of ether oxygens (including phenoxy) is 1. The third-order valence-electron chi connectivity index (χ3n) is 2.07. The Kier molecular flexibility index (Phi) is 3.51. The van der Waals surface area contributed by atoms with Crippen LogP contribution in [0.3, 0.4) is 0 Å². The van der Waals surface area contributed by atoms with E-state index in [2.05, 4.69) is 26.1 Å². The van der Waals surface area contributed by atoms with Gasteiger partial charge >= 0.3 is 0 Å². The smallest absolute Gasteiger partial charge is 0.238 e. The van der Waals surface area contributed by atoms with Crippen molar-refractivity contribution in [2.75, 3.05) is 0 Å². The lowest BCUT2D eigenvalue weighted by Gasteiger charge is -2.04. The Morgan fingerprint density at radius 1 is 1.06 bits per heavy atom. The zero-order valence-electron chi connectivity index (χ0n) is 8.85. The van der Waals surface area contributed by atoms with Crippen LogP contribution in [0.2, 0.25) is 0 Å². The predicted molar refractivity (Wildman–Crippen MR) is 65.9 cm³/mol. The summed E-state index contributed by atoms with van der Waals surface area (Å²) in [5.74, 6) is 1.28. The Labute approximate surface area is 103 Å². The minimum Gasteiger partial charge on any atom is -0.438 e. The zero-order valence-corrected chi connectivity index (χ0v) is 10.4. The maximum atomic E-state index is 5.54. The van der Waals surface area contributed by atoms with Crippen molar-refractivity contribution in [3.63, 3.8) is 0 Å². The molecule has 2 aromatic rings. The van der Waals surface area contributed by atoms with E-state index in [0.29, 0.717) is 5.88 Å². The number of rotatable bonds is 3. The van der Waals surface area contributed by atoms with E-state index in [1.54, 1.807) is 6.07 Å². The third-order valence-corrected chi connectivity index (χ3v) is 2.72. The highest BCUT2D eigenvalue weighted by Gasteiger charge is 1.99. The Bertz CT molecular complexity index is 453. The van der Waals surface area contributed by atoms with Crippen LogP contribution in [0.25, 0.3) is 0 Å². The summed E-state index contributed by atoms with van der Waals surface area (Å²) < 4.78 is 5.54. The first-order valence-corrected chi connectivity index (χ1v) is 6.03. The lowest BCUT2D eigenvalue weighted by molar-refractivity contribution is 0.454. The molecule has 3 nitrogen and oxygen atoms in total. The molecule has 0 saturated carbocycles. The normalized spacial score (nSPS) is 10.1. The molecule has 0 saturated heterocycles. The Hall–Kier alpha value is -1.42. The molecule has 0 atom stereocenters. The van der Waals surface area contributed by atoms with Gasteiger partial charge in [-0.1, -0.05) is 28.1 Å². The molecule has 1 heterocycles. The Morgan fingerprint density at radius 2 is 1.81 bits per heavy atom. The van der Waals surface area contributed by atoms with Gasteiger partial charge in [-0.15, -0.1) is 5.10 Å². The van der Waals surface area contributed by atoms with E-state index < -0.39 is 0 Å². The lowest BCUT2D eigenvalue weighted by atomic mass is 10.2. The molecule has 0 spiro atoms. The summed E-state index contributed by atoms with van der Waals surface area (Å²) in [4.78, 5) is 0. The van der Waals surface area contributed by atoms with Gasteiger partial charge in [-0.3, -0.25) is 0 Å². The highest BCUT2D eigenvalue weighted by Crippen LogP contribution is 2.19. The minimum absolute atomic E-state index is 0.511. The molecule has 0 aliphatic carbocycles. The summed E-state index contributed by atoms with van der Waals surface area (Å²) in [5.41, 5.74) is 2.09. The van der Waals surface area contributed by atoms with Crippen LogP contribution >= 0.6 is 15.9 Å². The molecular formula is C12H11BrN2O. The van der Waals surface area contributed by atoms with Gasteiger partial charge in [0.2, 0.25) is 5.88 Å². The molecule has 0 aliphatic rings. The maximum Gasteiger partial charge on any atom is 0.238 e. The SMILES string of the molecule is Cc1ccc(Oc2ccc(CBr)cc2)nn1. The molecule has 82 valence electrons. The number of nitrogens with zero attached hydrogens (tertiary/aromatic N) is 2. The van der Waals surface area contributed by atoms with E-state index in [9.17, 15) is 0 Å². The van der Waals surface area contributed by atoms with Gasteiger partial charge in [0.25, 0.3) is 0 Å². The number of hydrogen-bond acceptors (Lipinski definition) is 3. The number of halogens is 1. The predicted octanol–water partition coefficient (Wildman–Crippen LogP) is 3.47. The van der Waals surface area contributed by atoms with Crippen molar-refractivity contribution in [1.29, 1.82) is 0 Å². The molecule has 16 heavy (non-hydrogen) atoms. The van der Waals surface area contributed by atoms with Gasteiger partial charge < -0.3 is 4.74 Å². The van der Waals surface area contributed by atoms with Gasteiger partial charge in [0.1, 0.15) is 5.75 Å². The van der Waals surface area contributed by atoms with Crippen LogP contribution in [0.5, 0.6) is 11.6 Å². The van der Waals surface area contributed by atoms with Gasteiger partial charge in [-0.2, -0.15) is 5.10 Å². The summed E-state index contributed by atoms with van der Waals surface area (Å²) in [7, 11) is 0. The van der Waals surface area contributed by atoms with Crippen molar-refractivity contribution in [2.24, 2.45) is 0 Å². The van der Waals surface area contributed by atoms with Crippen molar-refractivity contribution in [3.05, 3.63) is 47.7 Å². The largest absolute Gasteiger partial charge is 0.438 e. The monoisotopic (exact) mass is 278 g/mol. The summed E-state index contributed by atoms with van der Waals surface area (Å²) in [5, 5.41) is 8.71. The summed E-state index contributed by atoms with van der Waals surface area (Å²) in [6, 6.07) is 11.5. The van der Waals surface area contributed by atoms with Crippen LogP contribution in [-0.4, -0.2) is 10.2 Å². The van der Waals surface area contributed by atoms with Gasteiger partial charge in [-0.05, 0) is 30.7 Å². The highest BCUT2D eigenvalue weighted by atomic mass is 79.9. The van der Waals surface area contributed by atoms with Crippen molar-refractivity contribution in [1.82, 2.24) is 10.2 Å². The second-order valence-corrected chi connectivity index (χ2v) is 3.95. The lowest BCUT2D eigenvalue weighted by Crippen LogP contribution is -1.91. The van der Waals surface area contributed by atoms with E-state index in [1.165, 1.54) is 5.56 Å². The Morgan fingerprint density at radius 3 is 2.38 bits per heavy atom. The fourth-order valence-corrected chi connectivity index (χ4v) is 1.58. The van der Waals surface area contributed by atoms with Crippen molar-refractivity contribution in [3.8, 4) is 11.6 Å². The molecule has 0 unspecified atom stereocenters. The van der Waals surface area contributed by atoms with Crippen molar-refractivity contribution in [2.45, 2.75) is 12.3 Å². The summed E-state index contributed by atoms with van der Waals surface area (Å²) in [6.07, 6.45) is 0. The average Bonchev–Trinajstić information content (AvgIpc) is 2.33. The number of benzene rings is 1. The number of hydrogen-bond donors (Lipinski definition) is 0. The van der Waals surface area contributed by atoms with Crippen LogP contribution in [0.4, 0.5) is 0 Å². The standard InChI is InChI=1S/C12H11BrN2O/c1-9-2-7-12(15-14-9)16-11-5-3-10(8-13)4-6-11/h2-7H,8H2,1H3. The molecule has 0 amide bonds. The van der Waals surface area contributed by atoms with E-state index >= 15 is 0 Å². The molecule has 4 heteroatoms. The molecule has 0 aliphatic heterocycles. The molecule has 0 fully saturated rings. The quantitative estimate of drug-likeness (QED) is 0.807. The molecular weight excluding hydrogens is 268 g/mol. The second kappa shape index (κ2) is 5.07. The van der Waals surface area contributed by atoms with Crippen LogP contribution < -0.4 is 4.74 Å². The first kappa shape index (κ1) is 11.1. The molecule has 0 N–H and O–H groups in total. The first-order valence-electron chi connectivity index (χ1n) is 4.91. The molecule has 0 bridgehead atoms. The van der Waals surface area contributed by atoms with E-state index in [-0.39, 0.29) is 0 Å².